The Labute approximate surface area is 122 Å². The fourth-order valence-electron chi connectivity index (χ4n) is 2.27. The Morgan fingerprint density at radius 1 is 1.25 bits per heavy atom. The average Bonchev–Trinajstić information content (AvgIpc) is 2.93. The van der Waals surface area contributed by atoms with Crippen molar-refractivity contribution in [3.05, 3.63) is 59.4 Å². The summed E-state index contributed by atoms with van der Waals surface area (Å²) in [5, 5.41) is 0. The molecule has 0 amide bonds. The van der Waals surface area contributed by atoms with Crippen molar-refractivity contribution in [1.29, 1.82) is 0 Å². The zero-order valence-electron chi connectivity index (χ0n) is 11.0. The van der Waals surface area contributed by atoms with Gasteiger partial charge in [-0.05, 0) is 29.3 Å². The van der Waals surface area contributed by atoms with Crippen LogP contribution in [0.15, 0.2) is 47.4 Å². The predicted molar refractivity (Wildman–Crippen MR) is 79.7 cm³/mol. The maximum absolute atomic E-state index is 13.5. The second-order valence-corrected chi connectivity index (χ2v) is 5.88. The van der Waals surface area contributed by atoms with E-state index in [2.05, 4.69) is 6.07 Å². The molecule has 0 aliphatic carbocycles. The highest BCUT2D eigenvalue weighted by atomic mass is 32.2. The summed E-state index contributed by atoms with van der Waals surface area (Å²) in [4.78, 5) is 0.646. The summed E-state index contributed by atoms with van der Waals surface area (Å²) in [7, 11) is 0. The molecule has 0 fully saturated rings. The zero-order chi connectivity index (χ0) is 13.9. The molecule has 0 saturated carbocycles. The highest BCUT2D eigenvalue weighted by molar-refractivity contribution is 7.99. The first-order chi connectivity index (χ1) is 9.74. The van der Waals surface area contributed by atoms with Gasteiger partial charge in [-0.15, -0.1) is 11.8 Å². The van der Waals surface area contributed by atoms with Gasteiger partial charge >= 0.3 is 0 Å². The third kappa shape index (κ3) is 2.81. The van der Waals surface area contributed by atoms with Gasteiger partial charge in [-0.1, -0.05) is 24.3 Å². The maximum atomic E-state index is 13.5. The summed E-state index contributed by atoms with van der Waals surface area (Å²) in [6, 6.07) is 12.8. The molecule has 1 atom stereocenters. The van der Waals surface area contributed by atoms with Gasteiger partial charge in [0.2, 0.25) is 0 Å². The van der Waals surface area contributed by atoms with Crippen molar-refractivity contribution in [2.75, 3.05) is 12.4 Å². The van der Waals surface area contributed by atoms with Crippen LogP contribution in [-0.2, 0) is 6.42 Å². The third-order valence-corrected chi connectivity index (χ3v) is 4.56. The smallest absolute Gasteiger partial charge is 0.136 e. The van der Waals surface area contributed by atoms with Gasteiger partial charge in [0, 0.05) is 23.1 Å². The minimum Gasteiger partial charge on any atom is -0.493 e. The van der Waals surface area contributed by atoms with Crippen LogP contribution in [0, 0.1) is 5.82 Å². The first-order valence-corrected chi connectivity index (χ1v) is 7.61. The number of hydrogen-bond donors (Lipinski definition) is 1. The molecule has 2 nitrogen and oxygen atoms in total. The van der Waals surface area contributed by atoms with Crippen molar-refractivity contribution in [1.82, 2.24) is 0 Å². The molecule has 1 unspecified atom stereocenters. The van der Waals surface area contributed by atoms with Crippen molar-refractivity contribution in [2.24, 2.45) is 5.73 Å². The molecule has 2 aromatic carbocycles. The molecule has 2 N–H and O–H groups in total. The lowest BCUT2D eigenvalue weighted by Gasteiger charge is -2.13. The Morgan fingerprint density at radius 2 is 2.10 bits per heavy atom. The van der Waals surface area contributed by atoms with Crippen LogP contribution in [0.5, 0.6) is 5.75 Å². The Kier molecular flexibility index (Phi) is 3.94. The molecule has 4 heteroatoms. The van der Waals surface area contributed by atoms with E-state index in [-0.39, 0.29) is 11.9 Å². The number of fused-ring (bicyclic) bond motifs is 1. The van der Waals surface area contributed by atoms with Gasteiger partial charge in [-0.3, -0.25) is 0 Å². The van der Waals surface area contributed by atoms with E-state index in [1.54, 1.807) is 12.1 Å². The van der Waals surface area contributed by atoms with Gasteiger partial charge in [0.15, 0.2) is 0 Å². The van der Waals surface area contributed by atoms with E-state index in [1.165, 1.54) is 23.4 Å². The predicted octanol–water partition coefficient (Wildman–Crippen LogP) is 3.55. The number of ether oxygens (including phenoxy) is 1. The van der Waals surface area contributed by atoms with Gasteiger partial charge in [-0.2, -0.15) is 0 Å². The molecular formula is C16H16FNOS. The highest BCUT2D eigenvalue weighted by Gasteiger charge is 2.15. The minimum atomic E-state index is -0.188. The second-order valence-electron chi connectivity index (χ2n) is 4.81. The van der Waals surface area contributed by atoms with E-state index >= 15 is 0 Å². The molecule has 0 aromatic heterocycles. The van der Waals surface area contributed by atoms with Crippen molar-refractivity contribution in [3.63, 3.8) is 0 Å². The molecule has 1 heterocycles. The van der Waals surface area contributed by atoms with Gasteiger partial charge in [0.1, 0.15) is 11.6 Å². The fourth-order valence-corrected chi connectivity index (χ4v) is 3.21. The lowest BCUT2D eigenvalue weighted by molar-refractivity contribution is 0.357. The summed E-state index contributed by atoms with van der Waals surface area (Å²) in [6.45, 7) is 0.748. The van der Waals surface area contributed by atoms with Crippen molar-refractivity contribution >= 4 is 11.8 Å². The lowest BCUT2D eigenvalue weighted by atomic mass is 10.0. The second kappa shape index (κ2) is 5.85. The van der Waals surface area contributed by atoms with Crippen LogP contribution in [0.25, 0.3) is 0 Å². The lowest BCUT2D eigenvalue weighted by Crippen LogP contribution is -2.13. The number of benzene rings is 2. The average molecular weight is 289 g/mol. The highest BCUT2D eigenvalue weighted by Crippen LogP contribution is 2.30. The maximum Gasteiger partial charge on any atom is 0.136 e. The van der Waals surface area contributed by atoms with Gasteiger partial charge in [0.25, 0.3) is 0 Å². The number of halogens is 1. The Balaban J connectivity index is 1.67. The molecule has 104 valence electrons. The quantitative estimate of drug-likeness (QED) is 0.874. The van der Waals surface area contributed by atoms with Crippen LogP contribution in [-0.4, -0.2) is 12.4 Å². The topological polar surface area (TPSA) is 35.2 Å². The molecule has 3 rings (SSSR count). The number of hydrogen-bond acceptors (Lipinski definition) is 3. The molecule has 0 radical (unpaired) electrons. The van der Waals surface area contributed by atoms with E-state index < -0.39 is 0 Å². The number of nitrogens with two attached hydrogens (primary N) is 1. The van der Waals surface area contributed by atoms with E-state index in [9.17, 15) is 4.39 Å². The summed E-state index contributed by atoms with van der Waals surface area (Å²) >= 11 is 1.45. The molecule has 20 heavy (non-hydrogen) atoms. The molecule has 2 aromatic rings. The van der Waals surface area contributed by atoms with Crippen LogP contribution in [0.4, 0.5) is 4.39 Å². The van der Waals surface area contributed by atoms with Crippen LogP contribution in [0.1, 0.15) is 17.2 Å². The molecule has 1 aliphatic rings. The van der Waals surface area contributed by atoms with Crippen molar-refractivity contribution < 1.29 is 9.13 Å². The number of thioether (sulfide) groups is 1. The van der Waals surface area contributed by atoms with Crippen molar-refractivity contribution in [2.45, 2.75) is 17.4 Å². The molecular weight excluding hydrogens is 273 g/mol. The summed E-state index contributed by atoms with van der Waals surface area (Å²) in [5.41, 5.74) is 8.50. The molecule has 0 saturated heterocycles. The van der Waals surface area contributed by atoms with E-state index in [1.807, 2.05) is 18.2 Å². The fraction of sp³-hybridized carbons (Fsp3) is 0.250. The normalized spacial score (nSPS) is 14.7. The SMILES string of the molecule is NC(CSc1ccccc1F)c1ccc2c(c1)CCO2. The zero-order valence-corrected chi connectivity index (χ0v) is 11.8. The van der Waals surface area contributed by atoms with Crippen LogP contribution < -0.4 is 10.5 Å². The van der Waals surface area contributed by atoms with Crippen LogP contribution in [0.2, 0.25) is 0 Å². The van der Waals surface area contributed by atoms with Crippen LogP contribution >= 0.6 is 11.8 Å². The third-order valence-electron chi connectivity index (χ3n) is 3.40. The van der Waals surface area contributed by atoms with Crippen molar-refractivity contribution in [3.8, 4) is 5.75 Å². The summed E-state index contributed by atoms with van der Waals surface area (Å²) < 4.78 is 19.0. The van der Waals surface area contributed by atoms with Gasteiger partial charge < -0.3 is 10.5 Å². The van der Waals surface area contributed by atoms with Crippen LogP contribution in [0.3, 0.4) is 0 Å². The minimum absolute atomic E-state index is 0.106. The summed E-state index contributed by atoms with van der Waals surface area (Å²) in [5.74, 6) is 1.43. The number of rotatable bonds is 4. The Morgan fingerprint density at radius 3 is 2.95 bits per heavy atom. The van der Waals surface area contributed by atoms with E-state index in [4.69, 9.17) is 10.5 Å². The van der Waals surface area contributed by atoms with Gasteiger partial charge in [0.05, 0.1) is 6.61 Å². The monoisotopic (exact) mass is 289 g/mol. The van der Waals surface area contributed by atoms with E-state index in [0.29, 0.717) is 10.6 Å². The molecule has 1 aliphatic heterocycles. The molecule has 0 bridgehead atoms. The first kappa shape index (κ1) is 13.5. The van der Waals surface area contributed by atoms with Gasteiger partial charge in [-0.25, -0.2) is 4.39 Å². The first-order valence-electron chi connectivity index (χ1n) is 6.62. The largest absolute Gasteiger partial charge is 0.493 e. The Hall–Kier alpha value is -1.52. The Bertz CT molecular complexity index is 617. The molecule has 0 spiro atoms. The standard InChI is InChI=1S/C16H16FNOS/c17-13-3-1-2-4-16(13)20-10-14(18)11-5-6-15-12(9-11)7-8-19-15/h1-6,9,14H,7-8,10,18H2. The summed E-state index contributed by atoms with van der Waals surface area (Å²) in [6.07, 6.45) is 0.941. The van der Waals surface area contributed by atoms with E-state index in [0.717, 1.165) is 24.3 Å².